The molecule has 19 heavy (non-hydrogen) atoms. The van der Waals surface area contributed by atoms with Crippen LogP contribution in [0.2, 0.25) is 5.02 Å². The van der Waals surface area contributed by atoms with Crippen molar-refractivity contribution < 1.29 is 27.1 Å². The molecular formula is C10H10ClF2NO4S. The van der Waals surface area contributed by atoms with E-state index in [0.29, 0.717) is 6.07 Å². The molecule has 0 saturated heterocycles. The molecule has 2 N–H and O–H groups in total. The summed E-state index contributed by atoms with van der Waals surface area (Å²) >= 11 is 5.53. The second kappa shape index (κ2) is 6.27. The van der Waals surface area contributed by atoms with Gasteiger partial charge in [-0.1, -0.05) is 11.6 Å². The molecule has 9 heteroatoms. The maximum absolute atomic E-state index is 13.4. The normalized spacial score (nSPS) is 11.5. The number of carboxylic acid groups (broad SMARTS) is 1. The van der Waals surface area contributed by atoms with Gasteiger partial charge >= 0.3 is 5.97 Å². The maximum Gasteiger partial charge on any atom is 0.303 e. The number of rotatable bonds is 6. The van der Waals surface area contributed by atoms with Crippen LogP contribution in [-0.2, 0) is 14.8 Å². The third-order valence-electron chi connectivity index (χ3n) is 2.13. The lowest BCUT2D eigenvalue weighted by Crippen LogP contribution is -2.26. The fourth-order valence-electron chi connectivity index (χ4n) is 1.27. The summed E-state index contributed by atoms with van der Waals surface area (Å²) in [4.78, 5) is 9.26. The first-order valence-corrected chi connectivity index (χ1v) is 6.97. The molecule has 5 nitrogen and oxygen atoms in total. The van der Waals surface area contributed by atoms with Gasteiger partial charge in [0, 0.05) is 13.0 Å². The van der Waals surface area contributed by atoms with Crippen LogP contribution in [0.1, 0.15) is 12.8 Å². The summed E-state index contributed by atoms with van der Waals surface area (Å²) < 4.78 is 51.8. The summed E-state index contributed by atoms with van der Waals surface area (Å²) in [6, 6.07) is 1.63. The first-order chi connectivity index (χ1) is 8.75. The molecule has 0 atom stereocenters. The van der Waals surface area contributed by atoms with Crippen molar-refractivity contribution in [2.75, 3.05) is 6.54 Å². The first kappa shape index (κ1) is 15.8. The summed E-state index contributed by atoms with van der Waals surface area (Å²) in [6.45, 7) is -0.221. The van der Waals surface area contributed by atoms with E-state index >= 15 is 0 Å². The Kier molecular flexibility index (Phi) is 5.21. The fraction of sp³-hybridized carbons (Fsp3) is 0.300. The molecule has 0 heterocycles. The Morgan fingerprint density at radius 1 is 1.37 bits per heavy atom. The van der Waals surface area contributed by atoms with Crippen molar-refractivity contribution in [2.24, 2.45) is 0 Å². The Hall–Kier alpha value is -1.25. The highest BCUT2D eigenvalue weighted by Gasteiger charge is 2.25. The second-order valence-electron chi connectivity index (χ2n) is 3.57. The number of hydrogen-bond acceptors (Lipinski definition) is 3. The lowest BCUT2D eigenvalue weighted by molar-refractivity contribution is -0.137. The van der Waals surface area contributed by atoms with Crippen LogP contribution in [0.25, 0.3) is 0 Å². The average Bonchev–Trinajstić information content (AvgIpc) is 2.29. The van der Waals surface area contributed by atoms with Crippen LogP contribution >= 0.6 is 11.6 Å². The number of carbonyl (C=O) groups is 1. The van der Waals surface area contributed by atoms with Gasteiger partial charge in [0.25, 0.3) is 0 Å². The fourth-order valence-corrected chi connectivity index (χ4v) is 2.94. The largest absolute Gasteiger partial charge is 0.481 e. The van der Waals surface area contributed by atoms with Gasteiger partial charge in [0.1, 0.15) is 4.90 Å². The standard InChI is InChI=1S/C10H10ClF2NO4S/c11-6-3-4-7(12)9(13)10(6)19(17,18)14-5-1-2-8(15)16/h3-4,14H,1-2,5H2,(H,15,16). The van der Waals surface area contributed by atoms with Gasteiger partial charge in [-0.25, -0.2) is 21.9 Å². The van der Waals surface area contributed by atoms with E-state index in [9.17, 15) is 22.0 Å². The number of sulfonamides is 1. The predicted molar refractivity (Wildman–Crippen MR) is 63.4 cm³/mol. The van der Waals surface area contributed by atoms with Gasteiger partial charge in [0.15, 0.2) is 11.6 Å². The number of nitrogens with one attached hydrogen (secondary N) is 1. The molecule has 1 rings (SSSR count). The Bertz CT molecular complexity index is 591. The van der Waals surface area contributed by atoms with Gasteiger partial charge in [0.05, 0.1) is 5.02 Å². The maximum atomic E-state index is 13.4. The molecule has 0 fully saturated rings. The topological polar surface area (TPSA) is 83.5 Å². The van der Waals surface area contributed by atoms with E-state index < -0.39 is 37.5 Å². The zero-order chi connectivity index (χ0) is 14.6. The SMILES string of the molecule is O=C(O)CCCNS(=O)(=O)c1c(Cl)ccc(F)c1F. The van der Waals surface area contributed by atoms with Crippen molar-refractivity contribution in [3.63, 3.8) is 0 Å². The molecule has 106 valence electrons. The minimum absolute atomic E-state index is 0.0170. The predicted octanol–water partition coefficient (Wildman–Crippen LogP) is 1.76. The molecule has 0 bridgehead atoms. The quantitative estimate of drug-likeness (QED) is 0.619. The number of benzene rings is 1. The molecule has 0 spiro atoms. The van der Waals surface area contributed by atoms with Gasteiger partial charge in [0.2, 0.25) is 10.0 Å². The second-order valence-corrected chi connectivity index (χ2v) is 5.68. The van der Waals surface area contributed by atoms with E-state index in [1.807, 2.05) is 4.72 Å². The van der Waals surface area contributed by atoms with Crippen LogP contribution in [0.15, 0.2) is 17.0 Å². The lowest BCUT2D eigenvalue weighted by atomic mass is 10.3. The van der Waals surface area contributed by atoms with Crippen LogP contribution in [-0.4, -0.2) is 26.0 Å². The molecule has 0 unspecified atom stereocenters. The minimum Gasteiger partial charge on any atom is -0.481 e. The average molecular weight is 314 g/mol. The molecule has 0 aliphatic heterocycles. The van der Waals surface area contributed by atoms with E-state index in [0.717, 1.165) is 6.07 Å². The Balaban J connectivity index is 2.89. The highest BCUT2D eigenvalue weighted by molar-refractivity contribution is 7.89. The van der Waals surface area contributed by atoms with Crippen LogP contribution in [0.4, 0.5) is 8.78 Å². The highest BCUT2D eigenvalue weighted by Crippen LogP contribution is 2.25. The zero-order valence-electron chi connectivity index (χ0n) is 9.49. The summed E-state index contributed by atoms with van der Waals surface area (Å²) in [5, 5.41) is 7.92. The number of halogens is 3. The molecule has 0 aliphatic carbocycles. The smallest absolute Gasteiger partial charge is 0.303 e. The molecule has 1 aromatic carbocycles. The Labute approximate surface area is 113 Å². The van der Waals surface area contributed by atoms with E-state index in [4.69, 9.17) is 16.7 Å². The summed E-state index contributed by atoms with van der Waals surface area (Å²) in [6.07, 6.45) is -0.231. The molecule has 1 aromatic rings. The van der Waals surface area contributed by atoms with Crippen molar-refractivity contribution in [1.29, 1.82) is 0 Å². The molecule has 0 amide bonds. The Morgan fingerprint density at radius 2 is 2.00 bits per heavy atom. The molecule has 0 saturated carbocycles. The molecule has 0 aromatic heterocycles. The van der Waals surface area contributed by atoms with Crippen molar-refractivity contribution in [3.05, 3.63) is 28.8 Å². The van der Waals surface area contributed by atoms with Crippen LogP contribution in [0, 0.1) is 11.6 Å². The van der Waals surface area contributed by atoms with Crippen molar-refractivity contribution in [2.45, 2.75) is 17.7 Å². The van der Waals surface area contributed by atoms with E-state index in [2.05, 4.69) is 0 Å². The highest BCUT2D eigenvalue weighted by atomic mass is 35.5. The minimum atomic E-state index is -4.33. The number of carboxylic acids is 1. The number of hydrogen-bond donors (Lipinski definition) is 2. The van der Waals surface area contributed by atoms with E-state index in [-0.39, 0.29) is 19.4 Å². The molecule has 0 radical (unpaired) electrons. The van der Waals surface area contributed by atoms with Gasteiger partial charge < -0.3 is 5.11 Å². The number of aliphatic carboxylic acids is 1. The van der Waals surface area contributed by atoms with E-state index in [1.54, 1.807) is 0 Å². The zero-order valence-corrected chi connectivity index (χ0v) is 11.1. The third kappa shape index (κ3) is 4.12. The summed E-state index contributed by atoms with van der Waals surface area (Å²) in [5.41, 5.74) is 0. The van der Waals surface area contributed by atoms with Crippen LogP contribution in [0.5, 0.6) is 0 Å². The Morgan fingerprint density at radius 3 is 2.58 bits per heavy atom. The monoisotopic (exact) mass is 313 g/mol. The lowest BCUT2D eigenvalue weighted by Gasteiger charge is -2.09. The van der Waals surface area contributed by atoms with Crippen molar-refractivity contribution in [3.8, 4) is 0 Å². The van der Waals surface area contributed by atoms with Crippen molar-refractivity contribution >= 4 is 27.6 Å². The van der Waals surface area contributed by atoms with Gasteiger partial charge in [-0.05, 0) is 18.6 Å². The molecule has 0 aliphatic rings. The summed E-state index contributed by atoms with van der Waals surface area (Å²) in [7, 11) is -4.33. The van der Waals surface area contributed by atoms with Gasteiger partial charge in [-0.3, -0.25) is 4.79 Å². The van der Waals surface area contributed by atoms with Crippen molar-refractivity contribution in [1.82, 2.24) is 4.72 Å². The van der Waals surface area contributed by atoms with Crippen LogP contribution < -0.4 is 4.72 Å². The van der Waals surface area contributed by atoms with Gasteiger partial charge in [-0.15, -0.1) is 0 Å². The van der Waals surface area contributed by atoms with Crippen LogP contribution in [0.3, 0.4) is 0 Å². The van der Waals surface area contributed by atoms with Gasteiger partial charge in [-0.2, -0.15) is 0 Å². The third-order valence-corrected chi connectivity index (χ3v) is 4.08. The summed E-state index contributed by atoms with van der Waals surface area (Å²) in [5.74, 6) is -4.00. The molecular weight excluding hydrogens is 304 g/mol. The van der Waals surface area contributed by atoms with E-state index in [1.165, 1.54) is 0 Å². The first-order valence-electron chi connectivity index (χ1n) is 5.10.